The van der Waals surface area contributed by atoms with Crippen LogP contribution in [0.15, 0.2) is 36.7 Å². The second-order valence-corrected chi connectivity index (χ2v) is 7.11. The van der Waals surface area contributed by atoms with E-state index in [1.165, 1.54) is 35.1 Å². The lowest BCUT2D eigenvalue weighted by molar-refractivity contribution is -0.118. The van der Waals surface area contributed by atoms with Crippen LogP contribution in [0.2, 0.25) is 0 Å². The molecule has 1 aromatic carbocycles. The summed E-state index contributed by atoms with van der Waals surface area (Å²) in [5.41, 5.74) is 1.09. The highest BCUT2D eigenvalue weighted by Crippen LogP contribution is 2.21. The molecule has 0 radical (unpaired) electrons. The van der Waals surface area contributed by atoms with Crippen LogP contribution in [-0.4, -0.2) is 46.1 Å². The molecule has 2 heterocycles. The summed E-state index contributed by atoms with van der Waals surface area (Å²) in [6, 6.07) is 5.55. The number of hydrogen-bond acceptors (Lipinski definition) is 4. The Morgan fingerprint density at radius 1 is 1.11 bits per heavy atom. The number of nitrogens with zero attached hydrogens (tertiary/aromatic N) is 3. The van der Waals surface area contributed by atoms with Gasteiger partial charge in [0.1, 0.15) is 12.4 Å². The fourth-order valence-corrected chi connectivity index (χ4v) is 3.38. The maximum atomic E-state index is 12.9. The number of anilines is 2. The van der Waals surface area contributed by atoms with Gasteiger partial charge in [-0.25, -0.2) is 4.39 Å². The Morgan fingerprint density at radius 2 is 1.79 bits per heavy atom. The summed E-state index contributed by atoms with van der Waals surface area (Å²) in [7, 11) is 0. The predicted molar refractivity (Wildman–Crippen MR) is 105 cm³/mol. The highest BCUT2D eigenvalue weighted by Gasteiger charge is 2.20. The van der Waals surface area contributed by atoms with Crippen molar-refractivity contribution in [2.24, 2.45) is 5.92 Å². The number of hydrogen-bond donors (Lipinski definition) is 2. The van der Waals surface area contributed by atoms with E-state index in [-0.39, 0.29) is 24.2 Å². The number of nitrogens with one attached hydrogen (secondary N) is 2. The Balaban J connectivity index is 1.44. The average molecular weight is 387 g/mol. The van der Waals surface area contributed by atoms with Crippen LogP contribution < -0.4 is 10.6 Å². The summed E-state index contributed by atoms with van der Waals surface area (Å²) in [5, 5.41) is 9.63. The topological polar surface area (TPSA) is 79.3 Å². The van der Waals surface area contributed by atoms with Crippen molar-refractivity contribution >= 4 is 23.2 Å². The third-order valence-electron chi connectivity index (χ3n) is 4.98. The van der Waals surface area contributed by atoms with Gasteiger partial charge in [-0.2, -0.15) is 5.10 Å². The van der Waals surface area contributed by atoms with E-state index in [2.05, 4.69) is 27.6 Å². The maximum absolute atomic E-state index is 12.9. The molecule has 1 aromatic heterocycles. The number of aromatic nitrogens is 2. The SMILES string of the molecule is CCN1CCC(CC(=O)Nc2cnn(CC(=O)Nc3ccc(F)cc3)c2)CC1. The molecule has 2 N–H and O–H groups in total. The van der Waals surface area contributed by atoms with Crippen molar-refractivity contribution < 1.29 is 14.0 Å². The quantitative estimate of drug-likeness (QED) is 0.766. The number of carbonyl (C=O) groups excluding carboxylic acids is 2. The molecule has 0 atom stereocenters. The molecule has 8 heteroatoms. The van der Waals surface area contributed by atoms with Gasteiger partial charge in [-0.15, -0.1) is 0 Å². The Hall–Kier alpha value is -2.74. The van der Waals surface area contributed by atoms with E-state index in [1.54, 1.807) is 6.20 Å². The van der Waals surface area contributed by atoms with E-state index < -0.39 is 0 Å². The van der Waals surface area contributed by atoms with E-state index >= 15 is 0 Å². The standard InChI is InChI=1S/C20H26FN5O2/c1-2-25-9-7-15(8-10-25)11-19(27)24-18-12-22-26(13-18)14-20(28)23-17-5-3-16(21)4-6-17/h3-6,12-13,15H,2,7-11,14H2,1H3,(H,23,28)(H,24,27). The van der Waals surface area contributed by atoms with Gasteiger partial charge in [0.15, 0.2) is 0 Å². The lowest BCUT2D eigenvalue weighted by Gasteiger charge is -2.30. The molecule has 150 valence electrons. The van der Waals surface area contributed by atoms with Crippen LogP contribution >= 0.6 is 0 Å². The number of carbonyl (C=O) groups is 2. The number of halogens is 1. The third-order valence-corrected chi connectivity index (χ3v) is 4.98. The zero-order valence-electron chi connectivity index (χ0n) is 16.0. The Kier molecular flexibility index (Phi) is 6.76. The molecular weight excluding hydrogens is 361 g/mol. The van der Waals surface area contributed by atoms with Gasteiger partial charge >= 0.3 is 0 Å². The van der Waals surface area contributed by atoms with Crippen LogP contribution in [0.3, 0.4) is 0 Å². The van der Waals surface area contributed by atoms with Crippen molar-refractivity contribution in [2.45, 2.75) is 32.7 Å². The molecule has 2 amide bonds. The van der Waals surface area contributed by atoms with Gasteiger partial charge in [-0.3, -0.25) is 14.3 Å². The Labute approximate surface area is 163 Å². The molecule has 0 bridgehead atoms. The van der Waals surface area contributed by atoms with Crippen molar-refractivity contribution in [3.8, 4) is 0 Å². The monoisotopic (exact) mass is 387 g/mol. The summed E-state index contributed by atoms with van der Waals surface area (Å²) < 4.78 is 14.3. The first-order valence-corrected chi connectivity index (χ1v) is 9.62. The van der Waals surface area contributed by atoms with Crippen molar-refractivity contribution in [1.29, 1.82) is 0 Å². The molecule has 2 aromatic rings. The number of amides is 2. The summed E-state index contributed by atoms with van der Waals surface area (Å²) >= 11 is 0. The molecular formula is C20H26FN5O2. The molecule has 3 rings (SSSR count). The largest absolute Gasteiger partial charge is 0.324 e. The summed E-state index contributed by atoms with van der Waals surface area (Å²) in [6.07, 6.45) is 5.76. The summed E-state index contributed by atoms with van der Waals surface area (Å²) in [4.78, 5) is 26.7. The lowest BCUT2D eigenvalue weighted by atomic mass is 9.93. The highest BCUT2D eigenvalue weighted by atomic mass is 19.1. The number of piperidine rings is 1. The number of likely N-dealkylation sites (tertiary alicyclic amines) is 1. The highest BCUT2D eigenvalue weighted by molar-refractivity contribution is 5.91. The average Bonchev–Trinajstić information content (AvgIpc) is 3.10. The molecule has 1 aliphatic heterocycles. The van der Waals surface area contributed by atoms with Crippen molar-refractivity contribution in [3.63, 3.8) is 0 Å². The molecule has 1 saturated heterocycles. The van der Waals surface area contributed by atoms with Crippen LogP contribution in [0.1, 0.15) is 26.2 Å². The van der Waals surface area contributed by atoms with Crippen molar-refractivity contribution in [2.75, 3.05) is 30.3 Å². The van der Waals surface area contributed by atoms with Gasteiger partial charge in [0.2, 0.25) is 11.8 Å². The van der Waals surface area contributed by atoms with E-state index in [1.807, 2.05) is 0 Å². The predicted octanol–water partition coefficient (Wildman–Crippen LogP) is 2.72. The van der Waals surface area contributed by atoms with Gasteiger partial charge < -0.3 is 15.5 Å². The maximum Gasteiger partial charge on any atom is 0.246 e. The van der Waals surface area contributed by atoms with Crippen molar-refractivity contribution in [3.05, 3.63) is 42.5 Å². The Morgan fingerprint density at radius 3 is 2.46 bits per heavy atom. The first-order chi connectivity index (χ1) is 13.5. The zero-order chi connectivity index (χ0) is 19.9. The first-order valence-electron chi connectivity index (χ1n) is 9.62. The van der Waals surface area contributed by atoms with Crippen LogP contribution in [0.25, 0.3) is 0 Å². The second-order valence-electron chi connectivity index (χ2n) is 7.11. The van der Waals surface area contributed by atoms with Crippen molar-refractivity contribution in [1.82, 2.24) is 14.7 Å². The minimum atomic E-state index is -0.360. The van der Waals surface area contributed by atoms with E-state index in [4.69, 9.17) is 0 Å². The molecule has 7 nitrogen and oxygen atoms in total. The van der Waals surface area contributed by atoms with Crippen LogP contribution in [0.5, 0.6) is 0 Å². The number of benzene rings is 1. The zero-order valence-corrected chi connectivity index (χ0v) is 16.0. The number of rotatable bonds is 7. The molecule has 0 aliphatic carbocycles. The second kappa shape index (κ2) is 9.45. The van der Waals surface area contributed by atoms with Gasteiger partial charge in [0, 0.05) is 18.3 Å². The fourth-order valence-electron chi connectivity index (χ4n) is 3.38. The van der Waals surface area contributed by atoms with Gasteiger partial charge in [0.05, 0.1) is 11.9 Å². The fraction of sp³-hybridized carbons (Fsp3) is 0.450. The molecule has 1 aliphatic rings. The van der Waals surface area contributed by atoms with Gasteiger partial charge in [-0.05, 0) is 62.7 Å². The summed E-state index contributed by atoms with van der Waals surface area (Å²) in [6.45, 7) is 5.32. The minimum Gasteiger partial charge on any atom is -0.324 e. The lowest BCUT2D eigenvalue weighted by Crippen LogP contribution is -2.34. The van der Waals surface area contributed by atoms with E-state index in [0.29, 0.717) is 23.7 Å². The molecule has 1 fully saturated rings. The van der Waals surface area contributed by atoms with Gasteiger partial charge in [0.25, 0.3) is 0 Å². The molecule has 0 spiro atoms. The van der Waals surface area contributed by atoms with E-state index in [0.717, 1.165) is 32.5 Å². The first kappa shape index (κ1) is 20.0. The Bertz CT molecular complexity index is 797. The third kappa shape index (κ3) is 5.88. The van der Waals surface area contributed by atoms with Crippen LogP contribution in [0, 0.1) is 11.7 Å². The van der Waals surface area contributed by atoms with Gasteiger partial charge in [-0.1, -0.05) is 6.92 Å². The molecule has 0 unspecified atom stereocenters. The van der Waals surface area contributed by atoms with E-state index in [9.17, 15) is 14.0 Å². The van der Waals surface area contributed by atoms with Crippen LogP contribution in [0.4, 0.5) is 15.8 Å². The van der Waals surface area contributed by atoms with Crippen LogP contribution in [-0.2, 0) is 16.1 Å². The normalized spacial score (nSPS) is 15.4. The molecule has 28 heavy (non-hydrogen) atoms. The molecule has 0 saturated carbocycles. The minimum absolute atomic E-state index is 0.00270. The smallest absolute Gasteiger partial charge is 0.246 e. The summed E-state index contributed by atoms with van der Waals surface area (Å²) in [5.74, 6) is -0.249.